The number of anilines is 1. The Labute approximate surface area is 143 Å². The van der Waals surface area contributed by atoms with Crippen LogP contribution >= 0.6 is 0 Å². The van der Waals surface area contributed by atoms with Crippen molar-refractivity contribution in [2.24, 2.45) is 0 Å². The first kappa shape index (κ1) is 16.8. The summed E-state index contributed by atoms with van der Waals surface area (Å²) in [4.78, 5) is 29.9. The van der Waals surface area contributed by atoms with Crippen LogP contribution in [0.1, 0.15) is 18.9 Å². The molecule has 0 unspecified atom stereocenters. The van der Waals surface area contributed by atoms with E-state index in [4.69, 9.17) is 4.74 Å². The molecule has 1 aromatic carbocycles. The van der Waals surface area contributed by atoms with Gasteiger partial charge in [0.2, 0.25) is 5.91 Å². The summed E-state index contributed by atoms with van der Waals surface area (Å²) in [7, 11) is 0. The van der Waals surface area contributed by atoms with E-state index in [1.807, 2.05) is 30.0 Å². The molecule has 130 valence electrons. The molecule has 1 aromatic rings. The van der Waals surface area contributed by atoms with Crippen LogP contribution in [0.5, 0.6) is 5.75 Å². The molecular weight excluding hydrogens is 306 g/mol. The number of aryl methyl sites for hydroxylation is 1. The lowest BCUT2D eigenvalue weighted by molar-refractivity contribution is -0.902. The summed E-state index contributed by atoms with van der Waals surface area (Å²) >= 11 is 0. The fourth-order valence-corrected chi connectivity index (χ4v) is 3.35. The zero-order chi connectivity index (χ0) is 17.1. The first-order valence-corrected chi connectivity index (χ1v) is 8.73. The number of rotatable bonds is 4. The van der Waals surface area contributed by atoms with E-state index in [1.165, 1.54) is 0 Å². The quantitative estimate of drug-likeness (QED) is 0.835. The molecule has 2 aliphatic heterocycles. The second-order valence-corrected chi connectivity index (χ2v) is 6.54. The maximum absolute atomic E-state index is 12.5. The number of nitrogens with zero attached hydrogens (tertiary/aromatic N) is 2. The van der Waals surface area contributed by atoms with Crippen molar-refractivity contribution in [3.05, 3.63) is 23.8 Å². The van der Waals surface area contributed by atoms with Crippen LogP contribution in [-0.2, 0) is 9.59 Å². The Hall–Kier alpha value is -2.08. The number of hydrogen-bond acceptors (Lipinski definition) is 3. The molecule has 1 fully saturated rings. The monoisotopic (exact) mass is 332 g/mol. The third kappa shape index (κ3) is 3.53. The van der Waals surface area contributed by atoms with Crippen molar-refractivity contribution in [2.75, 3.05) is 50.8 Å². The summed E-state index contributed by atoms with van der Waals surface area (Å²) in [5.74, 6) is 0.771. The molecule has 2 aliphatic rings. The third-order valence-electron chi connectivity index (χ3n) is 4.93. The number of likely N-dealkylation sites (N-methyl/N-ethyl adjacent to an activating group) is 1. The largest absolute Gasteiger partial charge is 0.482 e. The van der Waals surface area contributed by atoms with Crippen molar-refractivity contribution in [1.29, 1.82) is 0 Å². The molecule has 2 heterocycles. The van der Waals surface area contributed by atoms with Gasteiger partial charge in [-0.05, 0) is 31.5 Å². The number of carbonyl (C=O) groups is 2. The Bertz CT molecular complexity index is 624. The van der Waals surface area contributed by atoms with E-state index in [1.54, 1.807) is 9.80 Å². The Balaban J connectivity index is 1.61. The van der Waals surface area contributed by atoms with Crippen molar-refractivity contribution >= 4 is 17.5 Å². The lowest BCUT2D eigenvalue weighted by Crippen LogP contribution is -3.14. The molecule has 0 radical (unpaired) electrons. The van der Waals surface area contributed by atoms with E-state index in [9.17, 15) is 9.59 Å². The van der Waals surface area contributed by atoms with Crippen molar-refractivity contribution < 1.29 is 19.2 Å². The van der Waals surface area contributed by atoms with Gasteiger partial charge in [-0.25, -0.2) is 0 Å². The van der Waals surface area contributed by atoms with Gasteiger partial charge in [0, 0.05) is 13.0 Å². The van der Waals surface area contributed by atoms with Gasteiger partial charge in [0.1, 0.15) is 5.75 Å². The number of quaternary nitrogens is 1. The normalized spacial score (nSPS) is 18.3. The summed E-state index contributed by atoms with van der Waals surface area (Å²) in [6, 6.07) is 5.80. The van der Waals surface area contributed by atoms with Crippen LogP contribution in [0.2, 0.25) is 0 Å². The number of hydrogen-bond donors (Lipinski definition) is 1. The van der Waals surface area contributed by atoms with Crippen LogP contribution in [0.3, 0.4) is 0 Å². The minimum atomic E-state index is -0.0823. The number of benzene rings is 1. The molecule has 0 bridgehead atoms. The van der Waals surface area contributed by atoms with Gasteiger partial charge in [-0.15, -0.1) is 0 Å². The molecule has 0 aromatic heterocycles. The number of ether oxygens (including phenoxy) is 1. The fraction of sp³-hybridized carbons (Fsp3) is 0.556. The SMILES string of the molecule is CC[NH+]1CCN(C(=O)CCN2C(=O)COc3ccc(C)cc32)CC1. The number of fused-ring (bicyclic) bond motifs is 1. The molecular formula is C18H26N3O3+. The van der Waals surface area contributed by atoms with E-state index in [2.05, 4.69) is 6.92 Å². The van der Waals surface area contributed by atoms with Crippen LogP contribution in [-0.4, -0.2) is 62.6 Å². The zero-order valence-corrected chi connectivity index (χ0v) is 14.5. The number of piperazine rings is 1. The van der Waals surface area contributed by atoms with E-state index in [0.29, 0.717) is 18.7 Å². The molecule has 0 spiro atoms. The van der Waals surface area contributed by atoms with Gasteiger partial charge in [0.15, 0.2) is 6.61 Å². The minimum Gasteiger partial charge on any atom is -0.482 e. The maximum Gasteiger partial charge on any atom is 0.265 e. The molecule has 6 nitrogen and oxygen atoms in total. The second kappa shape index (κ2) is 7.21. The highest BCUT2D eigenvalue weighted by atomic mass is 16.5. The first-order chi connectivity index (χ1) is 11.6. The first-order valence-electron chi connectivity index (χ1n) is 8.73. The number of amides is 2. The van der Waals surface area contributed by atoms with Gasteiger partial charge in [0.25, 0.3) is 5.91 Å². The Kier molecular flexibility index (Phi) is 5.04. The van der Waals surface area contributed by atoms with Crippen LogP contribution in [0.25, 0.3) is 0 Å². The smallest absolute Gasteiger partial charge is 0.265 e. The molecule has 2 amide bonds. The van der Waals surface area contributed by atoms with Crippen molar-refractivity contribution in [3.8, 4) is 5.75 Å². The number of nitrogens with one attached hydrogen (secondary N) is 1. The second-order valence-electron chi connectivity index (χ2n) is 6.54. The molecule has 3 rings (SSSR count). The van der Waals surface area contributed by atoms with Gasteiger partial charge in [-0.2, -0.15) is 0 Å². The third-order valence-corrected chi connectivity index (χ3v) is 4.93. The van der Waals surface area contributed by atoms with Crippen molar-refractivity contribution in [2.45, 2.75) is 20.3 Å². The zero-order valence-electron chi connectivity index (χ0n) is 14.5. The molecule has 0 aliphatic carbocycles. The van der Waals surface area contributed by atoms with Crippen LogP contribution in [0, 0.1) is 6.92 Å². The molecule has 1 N–H and O–H groups in total. The van der Waals surface area contributed by atoms with E-state index < -0.39 is 0 Å². The van der Waals surface area contributed by atoms with Crippen molar-refractivity contribution in [1.82, 2.24) is 4.90 Å². The highest BCUT2D eigenvalue weighted by molar-refractivity contribution is 5.98. The predicted molar refractivity (Wildman–Crippen MR) is 91.5 cm³/mol. The molecule has 0 saturated carbocycles. The van der Waals surface area contributed by atoms with Crippen LogP contribution in [0.15, 0.2) is 18.2 Å². The van der Waals surface area contributed by atoms with E-state index >= 15 is 0 Å². The van der Waals surface area contributed by atoms with E-state index in [0.717, 1.165) is 44.0 Å². The van der Waals surface area contributed by atoms with Crippen molar-refractivity contribution in [3.63, 3.8) is 0 Å². The maximum atomic E-state index is 12.5. The average Bonchev–Trinajstić information content (AvgIpc) is 2.60. The molecule has 0 atom stereocenters. The molecule has 6 heteroatoms. The Morgan fingerprint density at radius 3 is 2.75 bits per heavy atom. The highest BCUT2D eigenvalue weighted by Crippen LogP contribution is 2.32. The predicted octanol–water partition coefficient (Wildman–Crippen LogP) is -0.142. The van der Waals surface area contributed by atoms with Crippen LogP contribution in [0.4, 0.5) is 5.69 Å². The Morgan fingerprint density at radius 1 is 1.29 bits per heavy atom. The van der Waals surface area contributed by atoms with Gasteiger partial charge in [-0.3, -0.25) is 9.59 Å². The standard InChI is InChI=1S/C18H25N3O3/c1-3-19-8-10-20(11-9-19)17(22)6-7-21-15-12-14(2)4-5-16(15)24-13-18(21)23/h4-5,12H,3,6-11,13H2,1-2H3/p+1. The summed E-state index contributed by atoms with van der Waals surface area (Å²) in [6.45, 7) is 9.39. The highest BCUT2D eigenvalue weighted by Gasteiger charge is 2.28. The minimum absolute atomic E-state index is 0.0444. The summed E-state index contributed by atoms with van der Waals surface area (Å²) in [6.07, 6.45) is 0.362. The Morgan fingerprint density at radius 2 is 2.04 bits per heavy atom. The van der Waals surface area contributed by atoms with E-state index in [-0.39, 0.29) is 18.4 Å². The van der Waals surface area contributed by atoms with Gasteiger partial charge < -0.3 is 19.4 Å². The average molecular weight is 332 g/mol. The summed E-state index contributed by atoms with van der Waals surface area (Å²) in [5.41, 5.74) is 1.85. The number of carbonyl (C=O) groups excluding carboxylic acids is 2. The van der Waals surface area contributed by atoms with Gasteiger partial charge in [0.05, 0.1) is 38.4 Å². The summed E-state index contributed by atoms with van der Waals surface area (Å²) < 4.78 is 5.48. The van der Waals surface area contributed by atoms with Gasteiger partial charge in [-0.1, -0.05) is 6.07 Å². The molecule has 24 heavy (non-hydrogen) atoms. The molecule has 1 saturated heterocycles. The van der Waals surface area contributed by atoms with Crippen LogP contribution < -0.4 is 14.5 Å². The fourth-order valence-electron chi connectivity index (χ4n) is 3.35. The lowest BCUT2D eigenvalue weighted by Gasteiger charge is -2.33. The topological polar surface area (TPSA) is 54.3 Å². The lowest BCUT2D eigenvalue weighted by atomic mass is 10.1. The van der Waals surface area contributed by atoms with Gasteiger partial charge >= 0.3 is 0 Å². The summed E-state index contributed by atoms with van der Waals surface area (Å²) in [5, 5.41) is 0.